The molecule has 1 unspecified atom stereocenters. The summed E-state index contributed by atoms with van der Waals surface area (Å²) in [6.45, 7) is 3.69. The zero-order chi connectivity index (χ0) is 13.8. The molecular weight excluding hydrogens is 234 g/mol. The van der Waals surface area contributed by atoms with Crippen LogP contribution in [-0.2, 0) is 0 Å². The van der Waals surface area contributed by atoms with E-state index in [2.05, 4.69) is 5.32 Å². The molecule has 0 saturated carbocycles. The molecule has 18 heavy (non-hydrogen) atoms. The van der Waals surface area contributed by atoms with Crippen molar-refractivity contribution in [3.8, 4) is 11.5 Å². The second-order valence-corrected chi connectivity index (χ2v) is 4.54. The summed E-state index contributed by atoms with van der Waals surface area (Å²) in [5.41, 5.74) is -0.517. The first-order chi connectivity index (χ1) is 8.41. The van der Waals surface area contributed by atoms with E-state index in [0.717, 1.165) is 0 Å². The highest BCUT2D eigenvalue weighted by Gasteiger charge is 2.25. The zero-order valence-corrected chi connectivity index (χ0v) is 10.6. The lowest BCUT2D eigenvalue weighted by molar-refractivity contribution is 0.0883. The van der Waals surface area contributed by atoms with Crippen LogP contribution in [0.2, 0.25) is 0 Å². The summed E-state index contributed by atoms with van der Waals surface area (Å²) in [4.78, 5) is 12.0. The fraction of sp³-hybridized carbons (Fsp3) is 0.462. The van der Waals surface area contributed by atoms with Crippen LogP contribution in [-0.4, -0.2) is 33.4 Å². The number of rotatable bonds is 5. The Labute approximate surface area is 106 Å². The first kappa shape index (κ1) is 14.3. The second-order valence-electron chi connectivity index (χ2n) is 4.54. The average Bonchev–Trinajstić information content (AvgIpc) is 2.32. The molecule has 0 aliphatic heterocycles. The van der Waals surface area contributed by atoms with Gasteiger partial charge in [0.2, 0.25) is 0 Å². The van der Waals surface area contributed by atoms with Gasteiger partial charge in [0.25, 0.3) is 5.91 Å². The van der Waals surface area contributed by atoms with E-state index in [4.69, 9.17) is 5.11 Å². The molecule has 1 amide bonds. The van der Waals surface area contributed by atoms with E-state index in [0.29, 0.717) is 12.8 Å². The molecule has 0 bridgehead atoms. The smallest absolute Gasteiger partial charge is 0.255 e. The maximum Gasteiger partial charge on any atom is 0.255 e. The number of hydrogen-bond acceptors (Lipinski definition) is 4. The fourth-order valence-corrected chi connectivity index (χ4v) is 1.62. The molecule has 5 nitrogen and oxygen atoms in total. The molecular formula is C13H19NO4. The van der Waals surface area contributed by atoms with Gasteiger partial charge >= 0.3 is 0 Å². The molecule has 0 heterocycles. The van der Waals surface area contributed by atoms with Gasteiger partial charge in [-0.1, -0.05) is 6.92 Å². The van der Waals surface area contributed by atoms with E-state index in [1.165, 1.54) is 18.2 Å². The summed E-state index contributed by atoms with van der Waals surface area (Å²) in [5, 5.41) is 30.6. The number of benzene rings is 1. The number of phenolic OH excluding ortho intramolecular Hbond substituents is 2. The highest BCUT2D eigenvalue weighted by molar-refractivity contribution is 5.97. The number of amides is 1. The first-order valence-electron chi connectivity index (χ1n) is 5.87. The molecule has 0 aliphatic rings. The Morgan fingerprint density at radius 3 is 2.61 bits per heavy atom. The summed E-state index contributed by atoms with van der Waals surface area (Å²) < 4.78 is 0. The van der Waals surface area contributed by atoms with Gasteiger partial charge in [0, 0.05) is 12.1 Å². The fourth-order valence-electron chi connectivity index (χ4n) is 1.62. The summed E-state index contributed by atoms with van der Waals surface area (Å²) >= 11 is 0. The minimum Gasteiger partial charge on any atom is -0.508 e. The maximum absolute atomic E-state index is 12.0. The van der Waals surface area contributed by atoms with E-state index in [9.17, 15) is 15.0 Å². The van der Waals surface area contributed by atoms with E-state index in [-0.39, 0.29) is 23.7 Å². The average molecular weight is 253 g/mol. The van der Waals surface area contributed by atoms with Crippen molar-refractivity contribution < 1.29 is 20.1 Å². The summed E-state index contributed by atoms with van der Waals surface area (Å²) in [6, 6.07) is 3.78. The van der Waals surface area contributed by atoms with Gasteiger partial charge in [-0.25, -0.2) is 0 Å². The third kappa shape index (κ3) is 3.37. The minimum atomic E-state index is -0.538. The van der Waals surface area contributed by atoms with Crippen LogP contribution in [0.4, 0.5) is 0 Å². The second kappa shape index (κ2) is 5.73. The van der Waals surface area contributed by atoms with Crippen molar-refractivity contribution in [2.45, 2.75) is 32.2 Å². The predicted molar refractivity (Wildman–Crippen MR) is 67.6 cm³/mol. The summed E-state index contributed by atoms with van der Waals surface area (Å²) in [5.74, 6) is -0.743. The van der Waals surface area contributed by atoms with Crippen molar-refractivity contribution in [3.05, 3.63) is 23.8 Å². The molecule has 1 aromatic carbocycles. The number of aliphatic hydroxyl groups is 1. The van der Waals surface area contributed by atoms with Crippen LogP contribution >= 0.6 is 0 Å². The molecule has 1 rings (SSSR count). The topological polar surface area (TPSA) is 89.8 Å². The molecule has 100 valence electrons. The van der Waals surface area contributed by atoms with Gasteiger partial charge in [-0.2, -0.15) is 0 Å². The first-order valence-corrected chi connectivity index (χ1v) is 5.87. The van der Waals surface area contributed by atoms with Gasteiger partial charge in [-0.3, -0.25) is 4.79 Å². The van der Waals surface area contributed by atoms with Crippen molar-refractivity contribution in [2.75, 3.05) is 6.61 Å². The molecule has 0 aromatic heterocycles. The van der Waals surface area contributed by atoms with E-state index < -0.39 is 11.4 Å². The Kier molecular flexibility index (Phi) is 4.55. The standard InChI is InChI=1S/C13H19NO4/c1-3-13(2,6-7-15)14-12(18)10-8-9(16)4-5-11(10)17/h4-5,8,15-17H,3,6-7H2,1-2H3,(H,14,18). The Morgan fingerprint density at radius 1 is 1.39 bits per heavy atom. The lowest BCUT2D eigenvalue weighted by Crippen LogP contribution is -2.46. The SMILES string of the molecule is CCC(C)(CCO)NC(=O)c1cc(O)ccc1O. The number of aromatic hydroxyl groups is 2. The Bertz CT molecular complexity index is 433. The summed E-state index contributed by atoms with van der Waals surface area (Å²) in [7, 11) is 0. The molecule has 0 spiro atoms. The van der Waals surface area contributed by atoms with Crippen LogP contribution in [0, 0.1) is 0 Å². The van der Waals surface area contributed by atoms with Crippen LogP contribution in [0.25, 0.3) is 0 Å². The van der Waals surface area contributed by atoms with Crippen LogP contribution in [0.3, 0.4) is 0 Å². The molecule has 0 radical (unpaired) electrons. The number of carbonyl (C=O) groups is 1. The molecule has 0 fully saturated rings. The largest absolute Gasteiger partial charge is 0.508 e. The number of carbonyl (C=O) groups excluding carboxylic acids is 1. The van der Waals surface area contributed by atoms with Gasteiger partial charge in [0.1, 0.15) is 11.5 Å². The number of nitrogens with one attached hydrogen (secondary N) is 1. The number of aliphatic hydroxyl groups excluding tert-OH is 1. The summed E-state index contributed by atoms with van der Waals surface area (Å²) in [6.07, 6.45) is 1.08. The molecule has 4 N–H and O–H groups in total. The molecule has 5 heteroatoms. The third-order valence-corrected chi connectivity index (χ3v) is 3.08. The van der Waals surface area contributed by atoms with Crippen LogP contribution in [0.5, 0.6) is 11.5 Å². The van der Waals surface area contributed by atoms with E-state index in [1.54, 1.807) is 0 Å². The predicted octanol–water partition coefficient (Wildman–Crippen LogP) is 1.38. The molecule has 0 aliphatic carbocycles. The Morgan fingerprint density at radius 2 is 2.06 bits per heavy atom. The maximum atomic E-state index is 12.0. The molecule has 1 atom stereocenters. The van der Waals surface area contributed by atoms with Crippen LogP contribution in [0.1, 0.15) is 37.0 Å². The number of phenols is 2. The Hall–Kier alpha value is -1.75. The van der Waals surface area contributed by atoms with Crippen molar-refractivity contribution in [2.24, 2.45) is 0 Å². The van der Waals surface area contributed by atoms with Crippen molar-refractivity contribution in [1.82, 2.24) is 5.32 Å². The lowest BCUT2D eigenvalue weighted by Gasteiger charge is -2.29. The van der Waals surface area contributed by atoms with Crippen molar-refractivity contribution in [1.29, 1.82) is 0 Å². The van der Waals surface area contributed by atoms with Crippen molar-refractivity contribution in [3.63, 3.8) is 0 Å². The molecule has 1 aromatic rings. The minimum absolute atomic E-state index is 0.0209. The lowest BCUT2D eigenvalue weighted by atomic mass is 9.94. The number of hydrogen-bond donors (Lipinski definition) is 4. The quantitative estimate of drug-likeness (QED) is 0.597. The van der Waals surface area contributed by atoms with Gasteiger partial charge in [-0.05, 0) is 38.0 Å². The van der Waals surface area contributed by atoms with Gasteiger partial charge in [0.15, 0.2) is 0 Å². The highest BCUT2D eigenvalue weighted by atomic mass is 16.3. The van der Waals surface area contributed by atoms with Gasteiger partial charge in [0.05, 0.1) is 5.56 Å². The monoisotopic (exact) mass is 253 g/mol. The van der Waals surface area contributed by atoms with Crippen LogP contribution in [0.15, 0.2) is 18.2 Å². The Balaban J connectivity index is 2.90. The van der Waals surface area contributed by atoms with E-state index >= 15 is 0 Å². The zero-order valence-electron chi connectivity index (χ0n) is 10.6. The van der Waals surface area contributed by atoms with E-state index in [1.807, 2.05) is 13.8 Å². The van der Waals surface area contributed by atoms with Crippen LogP contribution < -0.4 is 5.32 Å². The van der Waals surface area contributed by atoms with Crippen molar-refractivity contribution >= 4 is 5.91 Å². The van der Waals surface area contributed by atoms with Gasteiger partial charge in [-0.15, -0.1) is 0 Å². The van der Waals surface area contributed by atoms with Gasteiger partial charge < -0.3 is 20.6 Å². The normalized spacial score (nSPS) is 13.9. The molecule has 0 saturated heterocycles. The third-order valence-electron chi connectivity index (χ3n) is 3.08. The highest BCUT2D eigenvalue weighted by Crippen LogP contribution is 2.23.